The van der Waals surface area contributed by atoms with Crippen molar-refractivity contribution in [1.29, 1.82) is 0 Å². The van der Waals surface area contributed by atoms with Crippen molar-refractivity contribution >= 4 is 0 Å². The minimum absolute atomic E-state index is 0.194. The van der Waals surface area contributed by atoms with Crippen molar-refractivity contribution in [2.24, 2.45) is 5.73 Å². The van der Waals surface area contributed by atoms with E-state index in [4.69, 9.17) is 5.73 Å². The summed E-state index contributed by atoms with van der Waals surface area (Å²) in [5, 5.41) is 0. The van der Waals surface area contributed by atoms with Crippen molar-refractivity contribution in [3.05, 3.63) is 35.1 Å². The average molecular weight is 222 g/mol. The molecule has 2 rings (SSSR count). The Morgan fingerprint density at radius 2 is 2.19 bits per heavy atom. The van der Waals surface area contributed by atoms with E-state index in [-0.39, 0.29) is 12.4 Å². The summed E-state index contributed by atoms with van der Waals surface area (Å²) in [6.07, 6.45) is 2.61. The lowest BCUT2D eigenvalue weighted by Gasteiger charge is -2.20. The van der Waals surface area contributed by atoms with E-state index in [2.05, 4.69) is 11.8 Å². The van der Waals surface area contributed by atoms with Crippen LogP contribution in [0, 0.1) is 5.82 Å². The van der Waals surface area contributed by atoms with E-state index in [1.54, 1.807) is 0 Å². The summed E-state index contributed by atoms with van der Waals surface area (Å²) in [6, 6.07) is 6.02. The third-order valence-electron chi connectivity index (χ3n) is 3.19. The molecule has 1 saturated carbocycles. The van der Waals surface area contributed by atoms with Crippen LogP contribution in [0.15, 0.2) is 18.2 Å². The van der Waals surface area contributed by atoms with Gasteiger partial charge in [-0.25, -0.2) is 4.39 Å². The highest BCUT2D eigenvalue weighted by molar-refractivity contribution is 5.25. The second kappa shape index (κ2) is 4.93. The Labute approximate surface area is 96.2 Å². The predicted molar refractivity (Wildman–Crippen MR) is 63.4 cm³/mol. The minimum Gasteiger partial charge on any atom is -0.326 e. The third-order valence-corrected chi connectivity index (χ3v) is 3.19. The zero-order valence-corrected chi connectivity index (χ0v) is 9.75. The van der Waals surface area contributed by atoms with Gasteiger partial charge in [0, 0.05) is 24.7 Å². The number of halogens is 1. The number of benzene rings is 1. The summed E-state index contributed by atoms with van der Waals surface area (Å²) in [4.78, 5) is 2.44. The van der Waals surface area contributed by atoms with E-state index < -0.39 is 0 Å². The molecule has 1 aliphatic rings. The fourth-order valence-corrected chi connectivity index (χ4v) is 2.06. The van der Waals surface area contributed by atoms with Crippen molar-refractivity contribution in [2.75, 3.05) is 6.54 Å². The molecule has 0 unspecified atom stereocenters. The normalized spacial score (nSPS) is 15.8. The van der Waals surface area contributed by atoms with Gasteiger partial charge in [0.1, 0.15) is 5.82 Å². The molecule has 1 aliphatic carbocycles. The van der Waals surface area contributed by atoms with Gasteiger partial charge in [-0.15, -0.1) is 0 Å². The molecule has 0 amide bonds. The van der Waals surface area contributed by atoms with Gasteiger partial charge in [-0.2, -0.15) is 0 Å². The highest BCUT2D eigenvalue weighted by atomic mass is 19.1. The zero-order chi connectivity index (χ0) is 11.5. The fourth-order valence-electron chi connectivity index (χ4n) is 2.06. The molecule has 2 N–H and O–H groups in total. The Morgan fingerprint density at radius 1 is 1.44 bits per heavy atom. The molecule has 0 heterocycles. The average Bonchev–Trinajstić information content (AvgIpc) is 3.12. The van der Waals surface area contributed by atoms with Crippen LogP contribution in [0.25, 0.3) is 0 Å². The standard InChI is InChI=1S/C13H19FN2/c1-2-16(12-4-5-12)9-10-3-6-13(14)11(7-10)8-15/h3,6-7,12H,2,4-5,8-9,15H2,1H3. The molecule has 0 atom stereocenters. The van der Waals surface area contributed by atoms with Crippen LogP contribution in [-0.2, 0) is 13.1 Å². The molecule has 1 aromatic carbocycles. The lowest BCUT2D eigenvalue weighted by atomic mass is 10.1. The fraction of sp³-hybridized carbons (Fsp3) is 0.538. The third kappa shape index (κ3) is 2.60. The highest BCUT2D eigenvalue weighted by Crippen LogP contribution is 2.28. The molecule has 0 spiro atoms. The summed E-state index contributed by atoms with van der Waals surface area (Å²) in [7, 11) is 0. The van der Waals surface area contributed by atoms with Gasteiger partial charge in [-0.1, -0.05) is 19.1 Å². The summed E-state index contributed by atoms with van der Waals surface area (Å²) in [5.41, 5.74) is 7.28. The molecule has 0 saturated heterocycles. The van der Waals surface area contributed by atoms with Gasteiger partial charge in [-0.3, -0.25) is 4.90 Å². The first-order valence-electron chi connectivity index (χ1n) is 5.96. The van der Waals surface area contributed by atoms with Gasteiger partial charge < -0.3 is 5.73 Å². The number of rotatable bonds is 5. The molecule has 88 valence electrons. The van der Waals surface area contributed by atoms with Crippen LogP contribution >= 0.6 is 0 Å². The van der Waals surface area contributed by atoms with Crippen molar-refractivity contribution in [2.45, 2.75) is 38.9 Å². The molecule has 0 aromatic heterocycles. The van der Waals surface area contributed by atoms with E-state index >= 15 is 0 Å². The summed E-state index contributed by atoms with van der Waals surface area (Å²) < 4.78 is 13.3. The Morgan fingerprint density at radius 3 is 2.75 bits per heavy atom. The van der Waals surface area contributed by atoms with Gasteiger partial charge in [0.05, 0.1) is 0 Å². The number of nitrogens with two attached hydrogens (primary N) is 1. The van der Waals surface area contributed by atoms with Crippen LogP contribution in [0.1, 0.15) is 30.9 Å². The van der Waals surface area contributed by atoms with Crippen LogP contribution in [0.4, 0.5) is 4.39 Å². The molecule has 1 fully saturated rings. The zero-order valence-electron chi connectivity index (χ0n) is 9.75. The Kier molecular flexibility index (Phi) is 3.56. The molecule has 1 aromatic rings. The maximum atomic E-state index is 13.3. The summed E-state index contributed by atoms with van der Waals surface area (Å²) >= 11 is 0. The van der Waals surface area contributed by atoms with Gasteiger partial charge in [0.2, 0.25) is 0 Å². The molecule has 0 bridgehead atoms. The van der Waals surface area contributed by atoms with Crippen molar-refractivity contribution in [3.8, 4) is 0 Å². The Balaban J connectivity index is 2.08. The molecule has 16 heavy (non-hydrogen) atoms. The Bertz CT molecular complexity index is 361. The molecule has 2 nitrogen and oxygen atoms in total. The van der Waals surface area contributed by atoms with E-state index in [1.807, 2.05) is 12.1 Å². The first-order valence-corrected chi connectivity index (χ1v) is 5.96. The van der Waals surface area contributed by atoms with Gasteiger partial charge in [0.15, 0.2) is 0 Å². The van der Waals surface area contributed by atoms with Crippen LogP contribution in [0.2, 0.25) is 0 Å². The lowest BCUT2D eigenvalue weighted by Crippen LogP contribution is -2.25. The number of nitrogens with zero attached hydrogens (tertiary/aromatic N) is 1. The number of hydrogen-bond acceptors (Lipinski definition) is 2. The smallest absolute Gasteiger partial charge is 0.127 e. The number of hydrogen-bond donors (Lipinski definition) is 1. The summed E-state index contributed by atoms with van der Waals surface area (Å²) in [5.74, 6) is -0.194. The van der Waals surface area contributed by atoms with E-state index in [9.17, 15) is 4.39 Å². The quantitative estimate of drug-likeness (QED) is 0.828. The lowest BCUT2D eigenvalue weighted by molar-refractivity contribution is 0.269. The van der Waals surface area contributed by atoms with Crippen LogP contribution in [0.3, 0.4) is 0 Å². The maximum Gasteiger partial charge on any atom is 0.127 e. The molecule has 0 radical (unpaired) electrons. The van der Waals surface area contributed by atoms with Crippen LogP contribution in [-0.4, -0.2) is 17.5 Å². The van der Waals surface area contributed by atoms with E-state index in [1.165, 1.54) is 18.9 Å². The van der Waals surface area contributed by atoms with Crippen molar-refractivity contribution in [1.82, 2.24) is 4.90 Å². The first kappa shape index (κ1) is 11.6. The predicted octanol–water partition coefficient (Wildman–Crippen LogP) is 2.27. The van der Waals surface area contributed by atoms with Crippen LogP contribution < -0.4 is 5.73 Å². The SMILES string of the molecule is CCN(Cc1ccc(F)c(CN)c1)C1CC1. The van der Waals surface area contributed by atoms with Gasteiger partial charge in [0.25, 0.3) is 0 Å². The van der Waals surface area contributed by atoms with Crippen molar-refractivity contribution < 1.29 is 4.39 Å². The van der Waals surface area contributed by atoms with E-state index in [0.29, 0.717) is 5.56 Å². The first-order chi connectivity index (χ1) is 7.74. The largest absolute Gasteiger partial charge is 0.326 e. The topological polar surface area (TPSA) is 29.3 Å². The molecule has 3 heteroatoms. The maximum absolute atomic E-state index is 13.3. The van der Waals surface area contributed by atoms with Gasteiger partial charge >= 0.3 is 0 Å². The van der Waals surface area contributed by atoms with E-state index in [0.717, 1.165) is 24.7 Å². The van der Waals surface area contributed by atoms with Crippen LogP contribution in [0.5, 0.6) is 0 Å². The molecular formula is C13H19FN2. The summed E-state index contributed by atoms with van der Waals surface area (Å²) in [6.45, 7) is 4.41. The second-order valence-electron chi connectivity index (χ2n) is 4.42. The monoisotopic (exact) mass is 222 g/mol. The Hall–Kier alpha value is -0.930. The van der Waals surface area contributed by atoms with Crippen molar-refractivity contribution in [3.63, 3.8) is 0 Å². The molecule has 0 aliphatic heterocycles. The molecular weight excluding hydrogens is 203 g/mol. The highest BCUT2D eigenvalue weighted by Gasteiger charge is 2.27. The minimum atomic E-state index is -0.194. The second-order valence-corrected chi connectivity index (χ2v) is 4.42. The van der Waals surface area contributed by atoms with Gasteiger partial charge in [-0.05, 0) is 31.0 Å².